The third kappa shape index (κ3) is 5.54. The minimum Gasteiger partial charge on any atom is -0.286 e. The normalized spacial score (nSPS) is 16.5. The van der Waals surface area contributed by atoms with Gasteiger partial charge >= 0.3 is 52.9 Å². The molecule has 0 rings (SSSR count). The first-order valence-electron chi connectivity index (χ1n) is 8.49. The number of sulfonamides is 1. The molecule has 0 amide bonds. The first-order chi connectivity index (χ1) is 16.5. The van der Waals surface area contributed by atoms with Crippen LogP contribution in [0.2, 0.25) is 0 Å². The molecule has 2 N–H and O–H groups in total. The SMILES string of the molecule is O=S(=O)(O)CCCNS(=O)(=O)C(F)(F)C(F)(F)C(F)(F)C(F)(F)C(F)(F)C(F)(F)C(F)(F)C(F)(F)C(F)(F)F. The van der Waals surface area contributed by atoms with Gasteiger partial charge in [-0.15, -0.1) is 0 Å². The van der Waals surface area contributed by atoms with Gasteiger partial charge in [0, 0.05) is 6.54 Å². The number of alkyl halides is 19. The zero-order valence-electron chi connectivity index (χ0n) is 17.2. The standard InChI is InChI=1S/C12H8F19NO5S2/c13-4(14,5(15,16)7(19,20)9(23,24)11(27,28)29)6(17,18)8(21,22)10(25,26)12(30,31)39(36,37)32-2-1-3-38(33,34)35/h32H,1-3H2,(H,33,34,35). The lowest BCUT2D eigenvalue weighted by Crippen LogP contribution is -2.76. The van der Waals surface area contributed by atoms with E-state index in [-0.39, 0.29) is 4.72 Å². The highest BCUT2D eigenvalue weighted by Gasteiger charge is 2.97. The molecule has 0 aliphatic carbocycles. The first kappa shape index (κ1) is 37.5. The molecule has 27 heteroatoms. The average molecular weight is 671 g/mol. The van der Waals surface area contributed by atoms with E-state index in [4.69, 9.17) is 4.55 Å². The summed E-state index contributed by atoms with van der Waals surface area (Å²) in [6.07, 6.45) is -9.40. The van der Waals surface area contributed by atoms with Crippen LogP contribution in [-0.4, -0.2) is 86.6 Å². The van der Waals surface area contributed by atoms with Crippen molar-refractivity contribution in [2.24, 2.45) is 0 Å². The van der Waals surface area contributed by atoms with E-state index in [0.717, 1.165) is 0 Å². The fraction of sp³-hybridized carbons (Fsp3) is 1.00. The van der Waals surface area contributed by atoms with Crippen molar-refractivity contribution in [1.82, 2.24) is 4.72 Å². The molecule has 0 aliphatic rings. The summed E-state index contributed by atoms with van der Waals surface area (Å²) in [6.45, 7) is -1.86. The molecule has 0 aromatic heterocycles. The molecule has 0 saturated carbocycles. The number of hydrogen-bond acceptors (Lipinski definition) is 4. The van der Waals surface area contributed by atoms with Crippen molar-refractivity contribution < 1.29 is 105 Å². The van der Waals surface area contributed by atoms with Crippen LogP contribution in [0.5, 0.6) is 0 Å². The molecule has 0 radical (unpaired) electrons. The van der Waals surface area contributed by atoms with Crippen molar-refractivity contribution in [3.05, 3.63) is 0 Å². The van der Waals surface area contributed by atoms with Gasteiger partial charge in [0.15, 0.2) is 0 Å². The maximum atomic E-state index is 13.7. The summed E-state index contributed by atoms with van der Waals surface area (Å²) < 4.78 is 302. The quantitative estimate of drug-likeness (QED) is 0.167. The molecule has 0 spiro atoms. The minimum atomic E-state index is -9.20. The van der Waals surface area contributed by atoms with Crippen molar-refractivity contribution in [1.29, 1.82) is 0 Å². The Morgan fingerprint density at radius 1 is 0.487 bits per heavy atom. The highest BCUT2D eigenvalue weighted by molar-refractivity contribution is 7.90. The summed E-state index contributed by atoms with van der Waals surface area (Å²) in [7, 11) is -12.6. The zero-order chi connectivity index (χ0) is 32.3. The van der Waals surface area contributed by atoms with Gasteiger partial charge in [0.25, 0.3) is 20.1 Å². The van der Waals surface area contributed by atoms with E-state index in [9.17, 15) is 100 Å². The minimum absolute atomic E-state index is 0.140. The van der Waals surface area contributed by atoms with Crippen LogP contribution < -0.4 is 4.72 Å². The monoisotopic (exact) mass is 671 g/mol. The average Bonchev–Trinajstić information content (AvgIpc) is 2.68. The van der Waals surface area contributed by atoms with E-state index in [0.29, 0.717) is 0 Å². The van der Waals surface area contributed by atoms with Gasteiger partial charge in [0.2, 0.25) is 0 Å². The largest absolute Gasteiger partial charge is 0.460 e. The second-order valence-electron chi connectivity index (χ2n) is 7.07. The van der Waals surface area contributed by atoms with Crippen LogP contribution in [0, 0.1) is 0 Å². The van der Waals surface area contributed by atoms with Crippen LogP contribution in [0.4, 0.5) is 83.4 Å². The highest BCUT2D eigenvalue weighted by Crippen LogP contribution is 2.65. The van der Waals surface area contributed by atoms with Crippen LogP contribution in [0.3, 0.4) is 0 Å². The van der Waals surface area contributed by atoms with Crippen LogP contribution in [0.15, 0.2) is 0 Å². The second-order valence-corrected chi connectivity index (χ2v) is 10.5. The molecule has 0 bridgehead atoms. The molecule has 0 fully saturated rings. The summed E-state index contributed by atoms with van der Waals surface area (Å²) in [5.41, 5.74) is 0. The second kappa shape index (κ2) is 9.80. The number of rotatable bonds is 13. The number of hydrogen-bond donors (Lipinski definition) is 2. The summed E-state index contributed by atoms with van der Waals surface area (Å²) in [6, 6.07) is 0. The Hall–Kier alpha value is -1.51. The molecule has 0 heterocycles. The van der Waals surface area contributed by atoms with Gasteiger partial charge in [-0.3, -0.25) is 4.55 Å². The Balaban J connectivity index is 6.79. The highest BCUT2D eigenvalue weighted by atomic mass is 32.2. The molecule has 6 nitrogen and oxygen atoms in total. The summed E-state index contributed by atoms with van der Waals surface area (Å²) in [5, 5.41) is -7.85. The van der Waals surface area contributed by atoms with Gasteiger partial charge < -0.3 is 0 Å². The molecule has 39 heavy (non-hydrogen) atoms. The lowest BCUT2D eigenvalue weighted by atomic mass is 9.89. The molecule has 0 unspecified atom stereocenters. The Labute approximate surface area is 202 Å². The Bertz CT molecular complexity index is 1110. The van der Waals surface area contributed by atoms with Crippen molar-refractivity contribution in [2.75, 3.05) is 12.3 Å². The van der Waals surface area contributed by atoms with E-state index in [2.05, 4.69) is 0 Å². The first-order valence-corrected chi connectivity index (χ1v) is 11.6. The Morgan fingerprint density at radius 3 is 1.05 bits per heavy atom. The van der Waals surface area contributed by atoms with Crippen LogP contribution in [-0.2, 0) is 20.1 Å². The van der Waals surface area contributed by atoms with E-state index in [1.807, 2.05) is 0 Å². The maximum Gasteiger partial charge on any atom is 0.460 e. The molecule has 0 atom stereocenters. The van der Waals surface area contributed by atoms with Crippen molar-refractivity contribution in [2.45, 2.75) is 59.3 Å². The topological polar surface area (TPSA) is 101 Å². The molecular formula is C12H8F19NO5S2. The number of halogens is 19. The van der Waals surface area contributed by atoms with E-state index >= 15 is 0 Å². The van der Waals surface area contributed by atoms with E-state index in [1.54, 1.807) is 0 Å². The third-order valence-electron chi connectivity index (χ3n) is 4.30. The smallest absolute Gasteiger partial charge is 0.286 e. The molecule has 0 aromatic rings. The zero-order valence-corrected chi connectivity index (χ0v) is 18.8. The summed E-state index contributed by atoms with van der Waals surface area (Å²) >= 11 is 0. The molecule has 0 saturated heterocycles. The fourth-order valence-electron chi connectivity index (χ4n) is 2.07. The summed E-state index contributed by atoms with van der Waals surface area (Å²) in [4.78, 5) is 0. The van der Waals surface area contributed by atoms with Crippen LogP contribution >= 0.6 is 0 Å². The van der Waals surface area contributed by atoms with Crippen molar-refractivity contribution in [3.8, 4) is 0 Å². The molecule has 0 aromatic carbocycles. The van der Waals surface area contributed by atoms with Gasteiger partial charge in [-0.1, -0.05) is 0 Å². The number of nitrogens with one attached hydrogen (secondary N) is 1. The summed E-state index contributed by atoms with van der Waals surface area (Å²) in [5.74, 6) is -64.0. The van der Waals surface area contributed by atoms with Crippen LogP contribution in [0.1, 0.15) is 6.42 Å². The van der Waals surface area contributed by atoms with Crippen LogP contribution in [0.25, 0.3) is 0 Å². The van der Waals surface area contributed by atoms with Gasteiger partial charge in [0.1, 0.15) is 0 Å². The van der Waals surface area contributed by atoms with Crippen molar-refractivity contribution >= 4 is 20.1 Å². The molecule has 0 aliphatic heterocycles. The Kier molecular flexibility index (Phi) is 9.42. The maximum absolute atomic E-state index is 13.7. The molecular weight excluding hydrogens is 663 g/mol. The lowest BCUT2D eigenvalue weighted by Gasteiger charge is -2.43. The van der Waals surface area contributed by atoms with E-state index < -0.39 is 91.7 Å². The molecule has 236 valence electrons. The predicted molar refractivity (Wildman–Crippen MR) is 83.6 cm³/mol. The van der Waals surface area contributed by atoms with Gasteiger partial charge in [-0.25, -0.2) is 13.1 Å². The van der Waals surface area contributed by atoms with Gasteiger partial charge in [-0.2, -0.15) is 91.8 Å². The van der Waals surface area contributed by atoms with Crippen molar-refractivity contribution in [3.63, 3.8) is 0 Å². The van der Waals surface area contributed by atoms with Gasteiger partial charge in [0.05, 0.1) is 5.75 Å². The van der Waals surface area contributed by atoms with E-state index in [1.165, 1.54) is 0 Å². The fourth-order valence-corrected chi connectivity index (χ4v) is 3.64. The third-order valence-corrected chi connectivity index (χ3v) is 6.62. The Morgan fingerprint density at radius 2 is 0.769 bits per heavy atom. The lowest BCUT2D eigenvalue weighted by molar-refractivity contribution is -0.466. The predicted octanol–water partition coefficient (Wildman–Crippen LogP) is 4.79. The van der Waals surface area contributed by atoms with Gasteiger partial charge in [-0.05, 0) is 6.42 Å².